The molecule has 1 atom stereocenters. The lowest BCUT2D eigenvalue weighted by Crippen LogP contribution is -2.54. The smallest absolute Gasteiger partial charge is 0.237 e. The SMILES string of the molecule is CN1CCN(C(CO)C(N)=O)CC1. The lowest BCUT2D eigenvalue weighted by atomic mass is 10.2. The van der Waals surface area contributed by atoms with Crippen molar-refractivity contribution in [2.24, 2.45) is 5.73 Å². The Morgan fingerprint density at radius 1 is 1.46 bits per heavy atom. The number of piperazine rings is 1. The molecule has 1 saturated heterocycles. The van der Waals surface area contributed by atoms with Gasteiger partial charge in [-0.25, -0.2) is 0 Å². The Balaban J connectivity index is 2.46. The number of likely N-dealkylation sites (N-methyl/N-ethyl adjacent to an activating group) is 1. The number of hydrogen-bond acceptors (Lipinski definition) is 4. The molecule has 1 aliphatic rings. The fourth-order valence-corrected chi connectivity index (χ4v) is 1.52. The summed E-state index contributed by atoms with van der Waals surface area (Å²) < 4.78 is 0. The molecule has 13 heavy (non-hydrogen) atoms. The number of hydrogen-bond donors (Lipinski definition) is 2. The highest BCUT2D eigenvalue weighted by atomic mass is 16.3. The van der Waals surface area contributed by atoms with Crippen LogP contribution in [0.25, 0.3) is 0 Å². The third kappa shape index (κ3) is 2.65. The summed E-state index contributed by atoms with van der Waals surface area (Å²) in [6, 6.07) is -0.506. The van der Waals surface area contributed by atoms with Gasteiger partial charge in [0.1, 0.15) is 6.04 Å². The molecule has 0 spiro atoms. The number of carbonyl (C=O) groups is 1. The van der Waals surface area contributed by atoms with Gasteiger partial charge >= 0.3 is 0 Å². The first-order chi connectivity index (χ1) is 6.15. The van der Waals surface area contributed by atoms with Crippen molar-refractivity contribution in [1.82, 2.24) is 9.80 Å². The van der Waals surface area contributed by atoms with E-state index < -0.39 is 11.9 Å². The molecule has 0 aliphatic carbocycles. The number of rotatable bonds is 3. The highest BCUT2D eigenvalue weighted by Crippen LogP contribution is 2.04. The lowest BCUT2D eigenvalue weighted by molar-refractivity contribution is -0.125. The number of aliphatic hydroxyl groups excluding tert-OH is 1. The molecule has 76 valence electrons. The van der Waals surface area contributed by atoms with Gasteiger partial charge in [0, 0.05) is 26.2 Å². The van der Waals surface area contributed by atoms with Crippen LogP contribution in [0.15, 0.2) is 0 Å². The molecule has 5 nitrogen and oxygen atoms in total. The summed E-state index contributed by atoms with van der Waals surface area (Å²) in [6.45, 7) is 3.25. The second kappa shape index (κ2) is 4.55. The van der Waals surface area contributed by atoms with Crippen molar-refractivity contribution >= 4 is 5.91 Å². The number of nitrogens with zero attached hydrogens (tertiary/aromatic N) is 2. The van der Waals surface area contributed by atoms with Crippen molar-refractivity contribution in [3.63, 3.8) is 0 Å². The summed E-state index contributed by atoms with van der Waals surface area (Å²) in [5, 5.41) is 8.96. The van der Waals surface area contributed by atoms with Crippen molar-refractivity contribution < 1.29 is 9.90 Å². The molecule has 0 aromatic heterocycles. The third-order valence-electron chi connectivity index (χ3n) is 2.48. The van der Waals surface area contributed by atoms with E-state index in [2.05, 4.69) is 4.90 Å². The second-order valence-electron chi connectivity index (χ2n) is 3.44. The number of nitrogens with two attached hydrogens (primary N) is 1. The van der Waals surface area contributed by atoms with Gasteiger partial charge in [-0.2, -0.15) is 0 Å². The van der Waals surface area contributed by atoms with Gasteiger partial charge in [-0.3, -0.25) is 9.69 Å². The van der Waals surface area contributed by atoms with Gasteiger partial charge in [0.25, 0.3) is 0 Å². The minimum absolute atomic E-state index is 0.182. The Bertz CT molecular complexity index is 178. The van der Waals surface area contributed by atoms with Crippen LogP contribution in [0.3, 0.4) is 0 Å². The molecular weight excluding hydrogens is 170 g/mol. The monoisotopic (exact) mass is 187 g/mol. The number of carbonyl (C=O) groups excluding carboxylic acids is 1. The van der Waals surface area contributed by atoms with Crippen LogP contribution in [-0.2, 0) is 4.79 Å². The molecule has 1 rings (SSSR count). The number of amides is 1. The quantitative estimate of drug-likeness (QED) is 0.540. The lowest BCUT2D eigenvalue weighted by Gasteiger charge is -2.35. The largest absolute Gasteiger partial charge is 0.394 e. The zero-order valence-corrected chi connectivity index (χ0v) is 7.94. The summed E-state index contributed by atoms with van der Waals surface area (Å²) in [7, 11) is 2.04. The molecule has 1 fully saturated rings. The summed E-state index contributed by atoms with van der Waals surface area (Å²) >= 11 is 0. The van der Waals surface area contributed by atoms with Gasteiger partial charge in [0.15, 0.2) is 0 Å². The molecule has 1 heterocycles. The fraction of sp³-hybridized carbons (Fsp3) is 0.875. The molecule has 1 amide bonds. The molecule has 0 saturated carbocycles. The second-order valence-corrected chi connectivity index (χ2v) is 3.44. The van der Waals surface area contributed by atoms with Gasteiger partial charge in [-0.15, -0.1) is 0 Å². The first-order valence-electron chi connectivity index (χ1n) is 4.48. The Morgan fingerprint density at radius 2 is 2.00 bits per heavy atom. The van der Waals surface area contributed by atoms with Crippen LogP contribution < -0.4 is 5.73 Å². The molecule has 5 heteroatoms. The number of primary amides is 1. The summed E-state index contributed by atoms with van der Waals surface area (Å²) in [5.41, 5.74) is 5.16. The molecule has 1 aliphatic heterocycles. The van der Waals surface area contributed by atoms with Crippen LogP contribution >= 0.6 is 0 Å². The maximum Gasteiger partial charge on any atom is 0.237 e. The first-order valence-corrected chi connectivity index (χ1v) is 4.48. The maximum atomic E-state index is 10.9. The van der Waals surface area contributed by atoms with Crippen molar-refractivity contribution in [3.05, 3.63) is 0 Å². The van der Waals surface area contributed by atoms with Crippen LogP contribution in [0.4, 0.5) is 0 Å². The van der Waals surface area contributed by atoms with Crippen LogP contribution in [0.1, 0.15) is 0 Å². The van der Waals surface area contributed by atoms with E-state index in [0.29, 0.717) is 0 Å². The Hall–Kier alpha value is -0.650. The molecule has 3 N–H and O–H groups in total. The topological polar surface area (TPSA) is 69.8 Å². The normalized spacial score (nSPS) is 22.9. The van der Waals surface area contributed by atoms with Crippen molar-refractivity contribution in [2.45, 2.75) is 6.04 Å². The van der Waals surface area contributed by atoms with Gasteiger partial charge in [0.2, 0.25) is 5.91 Å². The average Bonchev–Trinajstić information content (AvgIpc) is 2.09. The predicted molar refractivity (Wildman–Crippen MR) is 49.1 cm³/mol. The zero-order chi connectivity index (χ0) is 9.84. The van der Waals surface area contributed by atoms with E-state index in [-0.39, 0.29) is 6.61 Å². The van der Waals surface area contributed by atoms with E-state index in [4.69, 9.17) is 10.8 Å². The van der Waals surface area contributed by atoms with E-state index in [1.807, 2.05) is 11.9 Å². The van der Waals surface area contributed by atoms with Crippen LogP contribution in [0.2, 0.25) is 0 Å². The first kappa shape index (κ1) is 10.4. The van der Waals surface area contributed by atoms with E-state index in [1.165, 1.54) is 0 Å². The Labute approximate surface area is 78.1 Å². The molecule has 0 aromatic carbocycles. The fourth-order valence-electron chi connectivity index (χ4n) is 1.52. The zero-order valence-electron chi connectivity index (χ0n) is 7.94. The van der Waals surface area contributed by atoms with E-state index in [9.17, 15) is 4.79 Å². The van der Waals surface area contributed by atoms with Crippen molar-refractivity contribution in [1.29, 1.82) is 0 Å². The standard InChI is InChI=1S/C8H17N3O2/c1-10-2-4-11(5-3-10)7(6-12)8(9)13/h7,12H,2-6H2,1H3,(H2,9,13). The van der Waals surface area contributed by atoms with E-state index in [0.717, 1.165) is 26.2 Å². The Morgan fingerprint density at radius 3 is 2.38 bits per heavy atom. The summed E-state index contributed by atoms with van der Waals surface area (Å²) in [4.78, 5) is 15.0. The van der Waals surface area contributed by atoms with Crippen molar-refractivity contribution in [2.75, 3.05) is 39.8 Å². The minimum Gasteiger partial charge on any atom is -0.394 e. The predicted octanol–water partition coefficient (Wildman–Crippen LogP) is -1.92. The minimum atomic E-state index is -0.506. The summed E-state index contributed by atoms with van der Waals surface area (Å²) in [5.74, 6) is -0.438. The van der Waals surface area contributed by atoms with Gasteiger partial charge < -0.3 is 15.7 Å². The highest BCUT2D eigenvalue weighted by Gasteiger charge is 2.25. The van der Waals surface area contributed by atoms with Gasteiger partial charge in [-0.1, -0.05) is 0 Å². The number of aliphatic hydroxyl groups is 1. The molecule has 0 radical (unpaired) electrons. The van der Waals surface area contributed by atoms with Crippen LogP contribution in [0.5, 0.6) is 0 Å². The summed E-state index contributed by atoms with van der Waals surface area (Å²) in [6.07, 6.45) is 0. The average molecular weight is 187 g/mol. The molecule has 0 bridgehead atoms. The molecule has 0 aromatic rings. The van der Waals surface area contributed by atoms with Crippen molar-refractivity contribution in [3.8, 4) is 0 Å². The van der Waals surface area contributed by atoms with E-state index >= 15 is 0 Å². The third-order valence-corrected chi connectivity index (χ3v) is 2.48. The molecular formula is C8H17N3O2. The van der Waals surface area contributed by atoms with Crippen LogP contribution in [0, 0.1) is 0 Å². The molecule has 1 unspecified atom stereocenters. The van der Waals surface area contributed by atoms with Crippen LogP contribution in [-0.4, -0.2) is 66.7 Å². The Kier molecular flexibility index (Phi) is 3.65. The van der Waals surface area contributed by atoms with E-state index in [1.54, 1.807) is 0 Å². The highest BCUT2D eigenvalue weighted by molar-refractivity contribution is 5.80. The van der Waals surface area contributed by atoms with Gasteiger partial charge in [0.05, 0.1) is 6.61 Å². The maximum absolute atomic E-state index is 10.9. The van der Waals surface area contributed by atoms with Gasteiger partial charge in [-0.05, 0) is 7.05 Å².